The minimum absolute atomic E-state index is 0. The summed E-state index contributed by atoms with van der Waals surface area (Å²) >= 11 is 3.33. The highest BCUT2D eigenvalue weighted by molar-refractivity contribution is 9.10. The number of nitrogens with two attached hydrogens (primary N) is 1. The first-order chi connectivity index (χ1) is 5.77. The second-order valence-corrected chi connectivity index (χ2v) is 4.09. The minimum Gasteiger partial charge on any atom is -0.324 e. The van der Waals surface area contributed by atoms with Crippen molar-refractivity contribution in [1.29, 1.82) is 0 Å². The number of halogens is 2. The fraction of sp³-hybridized carbons (Fsp3) is 0.444. The van der Waals surface area contributed by atoms with Gasteiger partial charge in [-0.2, -0.15) is 0 Å². The van der Waals surface area contributed by atoms with E-state index in [2.05, 4.69) is 20.9 Å². The molecule has 1 aliphatic rings. The molecule has 0 unspecified atom stereocenters. The molecular formula is C9H12BrClN2. The van der Waals surface area contributed by atoms with E-state index in [4.69, 9.17) is 5.73 Å². The Morgan fingerprint density at radius 3 is 2.77 bits per heavy atom. The summed E-state index contributed by atoms with van der Waals surface area (Å²) in [4.78, 5) is 4.06. The molecule has 0 amide bonds. The first-order valence-corrected chi connectivity index (χ1v) is 4.93. The number of hydrogen-bond acceptors (Lipinski definition) is 2. The van der Waals surface area contributed by atoms with Gasteiger partial charge in [-0.3, -0.25) is 0 Å². The molecule has 1 aliphatic carbocycles. The largest absolute Gasteiger partial charge is 0.324 e. The van der Waals surface area contributed by atoms with Crippen molar-refractivity contribution in [3.05, 3.63) is 28.5 Å². The van der Waals surface area contributed by atoms with Gasteiger partial charge in [0.05, 0.1) is 0 Å². The standard InChI is InChI=1S/C9H11BrN2.ClH/c10-8-5-7(3-4-12-8)9(11)6-1-2-6;/h3-6,9H,1-2,11H2;1H/t9-;/m1./s1. The zero-order valence-corrected chi connectivity index (χ0v) is 9.51. The van der Waals surface area contributed by atoms with Crippen LogP contribution in [-0.4, -0.2) is 4.98 Å². The van der Waals surface area contributed by atoms with Crippen molar-refractivity contribution in [2.24, 2.45) is 11.7 Å². The molecule has 4 heteroatoms. The molecule has 2 nitrogen and oxygen atoms in total. The number of nitrogens with zero attached hydrogens (tertiary/aromatic N) is 1. The van der Waals surface area contributed by atoms with Crippen molar-refractivity contribution in [3.63, 3.8) is 0 Å². The topological polar surface area (TPSA) is 38.9 Å². The van der Waals surface area contributed by atoms with Crippen LogP contribution in [0.2, 0.25) is 0 Å². The van der Waals surface area contributed by atoms with Gasteiger partial charge < -0.3 is 5.73 Å². The van der Waals surface area contributed by atoms with Crippen molar-refractivity contribution < 1.29 is 0 Å². The van der Waals surface area contributed by atoms with Crippen molar-refractivity contribution in [2.45, 2.75) is 18.9 Å². The highest BCUT2D eigenvalue weighted by atomic mass is 79.9. The lowest BCUT2D eigenvalue weighted by Crippen LogP contribution is -2.12. The summed E-state index contributed by atoms with van der Waals surface area (Å²) in [5.41, 5.74) is 7.21. The summed E-state index contributed by atoms with van der Waals surface area (Å²) in [5, 5.41) is 0. The monoisotopic (exact) mass is 262 g/mol. The van der Waals surface area contributed by atoms with Gasteiger partial charge in [-0.05, 0) is 52.4 Å². The highest BCUT2D eigenvalue weighted by Gasteiger charge is 2.29. The maximum Gasteiger partial charge on any atom is 0.106 e. The summed E-state index contributed by atoms with van der Waals surface area (Å²) < 4.78 is 0.871. The second kappa shape index (κ2) is 4.40. The predicted molar refractivity (Wildman–Crippen MR) is 58.8 cm³/mol. The van der Waals surface area contributed by atoms with Crippen molar-refractivity contribution in [2.75, 3.05) is 0 Å². The molecule has 1 heterocycles. The molecule has 1 saturated carbocycles. The average molecular weight is 264 g/mol. The van der Waals surface area contributed by atoms with E-state index in [1.54, 1.807) is 6.20 Å². The molecule has 1 fully saturated rings. The van der Waals surface area contributed by atoms with Crippen LogP contribution in [0.4, 0.5) is 0 Å². The maximum absolute atomic E-state index is 6.02. The van der Waals surface area contributed by atoms with E-state index in [-0.39, 0.29) is 18.4 Å². The van der Waals surface area contributed by atoms with Gasteiger partial charge in [0.1, 0.15) is 4.60 Å². The summed E-state index contributed by atoms with van der Waals surface area (Å²) in [5.74, 6) is 0.708. The Labute approximate surface area is 92.5 Å². The van der Waals surface area contributed by atoms with Gasteiger partial charge >= 0.3 is 0 Å². The molecule has 0 spiro atoms. The average Bonchev–Trinajstić information content (AvgIpc) is 2.85. The zero-order valence-electron chi connectivity index (χ0n) is 7.11. The summed E-state index contributed by atoms with van der Waals surface area (Å²) in [6.45, 7) is 0. The van der Waals surface area contributed by atoms with Crippen LogP contribution in [0, 0.1) is 5.92 Å². The van der Waals surface area contributed by atoms with E-state index in [9.17, 15) is 0 Å². The second-order valence-electron chi connectivity index (χ2n) is 3.28. The third kappa shape index (κ3) is 2.66. The molecular weight excluding hydrogens is 251 g/mol. The Morgan fingerprint density at radius 1 is 1.54 bits per heavy atom. The van der Waals surface area contributed by atoms with E-state index >= 15 is 0 Å². The van der Waals surface area contributed by atoms with Crippen LogP contribution in [0.15, 0.2) is 22.9 Å². The fourth-order valence-corrected chi connectivity index (χ4v) is 1.73. The van der Waals surface area contributed by atoms with Crippen molar-refractivity contribution >= 4 is 28.3 Å². The first kappa shape index (κ1) is 11.0. The van der Waals surface area contributed by atoms with E-state index in [0.717, 1.165) is 4.60 Å². The fourth-order valence-electron chi connectivity index (χ4n) is 1.35. The number of rotatable bonds is 2. The van der Waals surface area contributed by atoms with Crippen LogP contribution in [0.3, 0.4) is 0 Å². The van der Waals surface area contributed by atoms with E-state index < -0.39 is 0 Å². The van der Waals surface area contributed by atoms with Crippen LogP contribution in [0.25, 0.3) is 0 Å². The molecule has 13 heavy (non-hydrogen) atoms. The van der Waals surface area contributed by atoms with Crippen LogP contribution < -0.4 is 5.73 Å². The number of pyridine rings is 1. The van der Waals surface area contributed by atoms with Gasteiger partial charge in [0.15, 0.2) is 0 Å². The van der Waals surface area contributed by atoms with Crippen LogP contribution in [0.5, 0.6) is 0 Å². The Balaban J connectivity index is 0.000000845. The summed E-state index contributed by atoms with van der Waals surface area (Å²) in [6.07, 6.45) is 4.35. The van der Waals surface area contributed by atoms with Gasteiger partial charge in [-0.15, -0.1) is 12.4 Å². The van der Waals surface area contributed by atoms with Crippen molar-refractivity contribution in [1.82, 2.24) is 4.98 Å². The van der Waals surface area contributed by atoms with Crippen LogP contribution >= 0.6 is 28.3 Å². The Hall–Kier alpha value is -0.120. The molecule has 1 aromatic rings. The molecule has 0 aromatic carbocycles. The Morgan fingerprint density at radius 2 is 2.23 bits per heavy atom. The SMILES string of the molecule is Cl.N[C@@H](c1ccnc(Br)c1)C1CC1. The quantitative estimate of drug-likeness (QED) is 0.833. The Bertz CT molecular complexity index is 289. The minimum atomic E-state index is 0. The lowest BCUT2D eigenvalue weighted by molar-refractivity contribution is 0.632. The maximum atomic E-state index is 6.02. The van der Waals surface area contributed by atoms with Gasteiger partial charge in [-0.1, -0.05) is 0 Å². The molecule has 72 valence electrons. The third-order valence-electron chi connectivity index (χ3n) is 2.27. The first-order valence-electron chi connectivity index (χ1n) is 4.14. The van der Waals surface area contributed by atoms with Gasteiger partial charge in [0.2, 0.25) is 0 Å². The smallest absolute Gasteiger partial charge is 0.106 e. The lowest BCUT2D eigenvalue weighted by Gasteiger charge is -2.09. The molecule has 0 aliphatic heterocycles. The highest BCUT2D eigenvalue weighted by Crippen LogP contribution is 2.39. The molecule has 2 N–H and O–H groups in total. The van der Waals surface area contributed by atoms with E-state index in [1.807, 2.05) is 12.1 Å². The molecule has 0 radical (unpaired) electrons. The molecule has 1 atom stereocenters. The van der Waals surface area contributed by atoms with E-state index in [0.29, 0.717) is 5.92 Å². The molecule has 0 saturated heterocycles. The van der Waals surface area contributed by atoms with E-state index in [1.165, 1.54) is 18.4 Å². The van der Waals surface area contributed by atoms with Crippen LogP contribution in [-0.2, 0) is 0 Å². The predicted octanol–water partition coefficient (Wildman–Crippen LogP) is 2.68. The molecule has 0 bridgehead atoms. The number of aromatic nitrogens is 1. The van der Waals surface area contributed by atoms with Crippen molar-refractivity contribution in [3.8, 4) is 0 Å². The van der Waals surface area contributed by atoms with Gasteiger partial charge in [0.25, 0.3) is 0 Å². The molecule has 2 rings (SSSR count). The Kier molecular flexibility index (Phi) is 3.71. The van der Waals surface area contributed by atoms with Crippen LogP contribution in [0.1, 0.15) is 24.4 Å². The summed E-state index contributed by atoms with van der Waals surface area (Å²) in [7, 11) is 0. The molecule has 1 aromatic heterocycles. The summed E-state index contributed by atoms with van der Waals surface area (Å²) in [6, 6.07) is 4.21. The lowest BCUT2D eigenvalue weighted by atomic mass is 10.1. The zero-order chi connectivity index (χ0) is 8.55. The number of hydrogen-bond donors (Lipinski definition) is 1. The normalized spacial score (nSPS) is 17.7. The van der Waals surface area contributed by atoms with Gasteiger partial charge in [-0.25, -0.2) is 4.98 Å². The van der Waals surface area contributed by atoms with Gasteiger partial charge in [0, 0.05) is 12.2 Å². The third-order valence-corrected chi connectivity index (χ3v) is 2.70.